The van der Waals surface area contributed by atoms with Crippen molar-refractivity contribution in [3.05, 3.63) is 29.3 Å². The summed E-state index contributed by atoms with van der Waals surface area (Å²) in [4.78, 5) is 12.4. The molecular formula is C15H18O2S. The van der Waals surface area contributed by atoms with Gasteiger partial charge in [-0.3, -0.25) is 4.79 Å². The Hall–Kier alpha value is -0.960. The van der Waals surface area contributed by atoms with Gasteiger partial charge in [0.2, 0.25) is 0 Å². The van der Waals surface area contributed by atoms with Crippen LogP contribution >= 0.6 is 11.8 Å². The summed E-state index contributed by atoms with van der Waals surface area (Å²) in [5, 5.41) is 9.71. The first-order chi connectivity index (χ1) is 8.63. The molecule has 1 saturated carbocycles. The Bertz CT molecular complexity index is 479. The fourth-order valence-electron chi connectivity index (χ4n) is 2.89. The second kappa shape index (κ2) is 4.61. The van der Waals surface area contributed by atoms with E-state index in [9.17, 15) is 4.79 Å². The van der Waals surface area contributed by atoms with Crippen molar-refractivity contribution in [2.45, 2.75) is 48.7 Å². The first-order valence-corrected chi connectivity index (χ1v) is 7.52. The fraction of sp³-hybridized carbons (Fsp3) is 0.533. The van der Waals surface area contributed by atoms with Gasteiger partial charge in [0, 0.05) is 10.1 Å². The van der Waals surface area contributed by atoms with E-state index in [1.54, 1.807) is 0 Å². The Morgan fingerprint density at radius 1 is 1.50 bits per heavy atom. The van der Waals surface area contributed by atoms with Crippen LogP contribution in [0.15, 0.2) is 23.1 Å². The third-order valence-electron chi connectivity index (χ3n) is 3.94. The van der Waals surface area contributed by atoms with Crippen LogP contribution in [0.3, 0.4) is 0 Å². The minimum atomic E-state index is -0.673. The smallest absolute Gasteiger partial charge is 0.303 e. The van der Waals surface area contributed by atoms with Crippen molar-refractivity contribution in [3.8, 4) is 0 Å². The Morgan fingerprint density at radius 3 is 2.94 bits per heavy atom. The quantitative estimate of drug-likeness (QED) is 0.899. The van der Waals surface area contributed by atoms with Gasteiger partial charge in [-0.15, -0.1) is 11.8 Å². The number of fused-ring (bicyclic) bond motifs is 1. The molecule has 1 aliphatic carbocycles. The van der Waals surface area contributed by atoms with Gasteiger partial charge < -0.3 is 5.11 Å². The second-order valence-electron chi connectivity index (χ2n) is 5.54. The number of hydrogen-bond acceptors (Lipinski definition) is 2. The zero-order valence-electron chi connectivity index (χ0n) is 10.6. The lowest BCUT2D eigenvalue weighted by Crippen LogP contribution is -2.08. The van der Waals surface area contributed by atoms with Crippen molar-refractivity contribution in [2.75, 3.05) is 0 Å². The highest BCUT2D eigenvalue weighted by Gasteiger charge is 2.34. The fourth-order valence-corrected chi connectivity index (χ4v) is 4.09. The number of benzene rings is 1. The highest BCUT2D eigenvalue weighted by atomic mass is 32.2. The Balaban J connectivity index is 1.86. The average Bonchev–Trinajstić information content (AvgIpc) is 3.06. The molecule has 1 aliphatic heterocycles. The molecule has 1 aromatic carbocycles. The Kier molecular flexibility index (Phi) is 3.10. The minimum absolute atomic E-state index is 0.226. The molecule has 1 N–H and O–H groups in total. The monoisotopic (exact) mass is 262 g/mol. The number of carboxylic acids is 1. The summed E-state index contributed by atoms with van der Waals surface area (Å²) in [6.07, 6.45) is 3.81. The number of hydrogen-bond donors (Lipinski definition) is 1. The average molecular weight is 262 g/mol. The van der Waals surface area contributed by atoms with E-state index in [0.717, 1.165) is 6.42 Å². The summed E-state index contributed by atoms with van der Waals surface area (Å²) in [6.45, 7) is 2.25. The summed E-state index contributed by atoms with van der Waals surface area (Å²) in [5.74, 6) is 0.153. The Morgan fingerprint density at radius 2 is 2.28 bits per heavy atom. The van der Waals surface area contributed by atoms with Gasteiger partial charge in [-0.1, -0.05) is 19.1 Å². The lowest BCUT2D eigenvalue weighted by Gasteiger charge is -2.15. The first kappa shape index (κ1) is 12.1. The SMILES string of the molecule is CC1Cc2ccc(C(CC(=O)O)C3CC3)cc2S1. The second-order valence-corrected chi connectivity index (χ2v) is 7.02. The maximum Gasteiger partial charge on any atom is 0.303 e. The zero-order valence-corrected chi connectivity index (χ0v) is 11.4. The number of aliphatic carboxylic acids is 1. The number of carboxylic acid groups (broad SMARTS) is 1. The minimum Gasteiger partial charge on any atom is -0.481 e. The lowest BCUT2D eigenvalue weighted by molar-refractivity contribution is -0.137. The van der Waals surface area contributed by atoms with Crippen molar-refractivity contribution < 1.29 is 9.90 Å². The summed E-state index contributed by atoms with van der Waals surface area (Å²) in [5.41, 5.74) is 2.67. The van der Waals surface area contributed by atoms with Gasteiger partial charge in [-0.05, 0) is 48.3 Å². The van der Waals surface area contributed by atoms with Crippen LogP contribution < -0.4 is 0 Å². The van der Waals surface area contributed by atoms with E-state index in [-0.39, 0.29) is 12.3 Å². The summed E-state index contributed by atoms with van der Waals surface area (Å²) < 4.78 is 0. The molecule has 0 amide bonds. The number of carbonyl (C=O) groups is 1. The summed E-state index contributed by atoms with van der Waals surface area (Å²) in [7, 11) is 0. The van der Waals surface area contributed by atoms with E-state index >= 15 is 0 Å². The molecule has 0 spiro atoms. The third-order valence-corrected chi connectivity index (χ3v) is 5.14. The van der Waals surface area contributed by atoms with E-state index in [1.165, 1.54) is 28.9 Å². The molecule has 1 heterocycles. The number of rotatable bonds is 4. The van der Waals surface area contributed by atoms with Crippen LogP contribution in [0.5, 0.6) is 0 Å². The van der Waals surface area contributed by atoms with Crippen LogP contribution in [0.2, 0.25) is 0 Å². The predicted octanol–water partition coefficient (Wildman–Crippen LogP) is 3.69. The molecule has 1 fully saturated rings. The molecule has 0 aromatic heterocycles. The van der Waals surface area contributed by atoms with E-state index in [0.29, 0.717) is 11.2 Å². The predicted molar refractivity (Wildman–Crippen MR) is 73.2 cm³/mol. The highest BCUT2D eigenvalue weighted by Crippen LogP contribution is 2.46. The van der Waals surface area contributed by atoms with Crippen molar-refractivity contribution in [1.29, 1.82) is 0 Å². The van der Waals surface area contributed by atoms with E-state index in [2.05, 4.69) is 25.1 Å². The maximum atomic E-state index is 11.0. The van der Waals surface area contributed by atoms with E-state index in [1.807, 2.05) is 11.8 Å². The van der Waals surface area contributed by atoms with E-state index < -0.39 is 5.97 Å². The normalized spacial score (nSPS) is 23.7. The standard InChI is InChI=1S/C15H18O2S/c1-9-6-12-5-4-11(7-14(12)18-9)13(8-15(16)17)10-2-3-10/h4-5,7,9-10,13H,2-3,6,8H2,1H3,(H,16,17). The maximum absolute atomic E-state index is 11.0. The summed E-state index contributed by atoms with van der Waals surface area (Å²) in [6, 6.07) is 6.61. The molecule has 2 aliphatic rings. The molecule has 0 radical (unpaired) electrons. The van der Waals surface area contributed by atoms with Crippen LogP contribution in [0, 0.1) is 5.92 Å². The van der Waals surface area contributed by atoms with Gasteiger partial charge in [0.1, 0.15) is 0 Å². The molecule has 3 rings (SSSR count). The molecule has 0 saturated heterocycles. The van der Waals surface area contributed by atoms with Crippen molar-refractivity contribution in [1.82, 2.24) is 0 Å². The summed E-state index contributed by atoms with van der Waals surface area (Å²) >= 11 is 1.93. The molecule has 2 unspecified atom stereocenters. The molecule has 3 heteroatoms. The van der Waals surface area contributed by atoms with Crippen LogP contribution in [0.4, 0.5) is 0 Å². The van der Waals surface area contributed by atoms with Crippen molar-refractivity contribution in [2.24, 2.45) is 5.92 Å². The van der Waals surface area contributed by atoms with Gasteiger partial charge in [-0.2, -0.15) is 0 Å². The van der Waals surface area contributed by atoms with Crippen LogP contribution in [0.1, 0.15) is 43.2 Å². The van der Waals surface area contributed by atoms with Crippen LogP contribution in [0.25, 0.3) is 0 Å². The Labute approximate surface area is 112 Å². The molecule has 1 aromatic rings. The zero-order chi connectivity index (χ0) is 12.7. The topological polar surface area (TPSA) is 37.3 Å². The van der Waals surface area contributed by atoms with Crippen molar-refractivity contribution >= 4 is 17.7 Å². The first-order valence-electron chi connectivity index (χ1n) is 6.65. The molecule has 18 heavy (non-hydrogen) atoms. The molecule has 0 bridgehead atoms. The van der Waals surface area contributed by atoms with Gasteiger partial charge in [0.25, 0.3) is 0 Å². The lowest BCUT2D eigenvalue weighted by atomic mass is 9.90. The van der Waals surface area contributed by atoms with Gasteiger partial charge in [-0.25, -0.2) is 0 Å². The van der Waals surface area contributed by atoms with Crippen molar-refractivity contribution in [3.63, 3.8) is 0 Å². The molecule has 2 atom stereocenters. The van der Waals surface area contributed by atoms with Gasteiger partial charge in [0.05, 0.1) is 6.42 Å². The largest absolute Gasteiger partial charge is 0.481 e. The van der Waals surface area contributed by atoms with Crippen LogP contribution in [-0.2, 0) is 11.2 Å². The van der Waals surface area contributed by atoms with Gasteiger partial charge >= 0.3 is 5.97 Å². The van der Waals surface area contributed by atoms with Crippen LogP contribution in [-0.4, -0.2) is 16.3 Å². The highest BCUT2D eigenvalue weighted by molar-refractivity contribution is 8.00. The molecule has 96 valence electrons. The van der Waals surface area contributed by atoms with Gasteiger partial charge in [0.15, 0.2) is 0 Å². The molecule has 2 nitrogen and oxygen atoms in total. The van der Waals surface area contributed by atoms with E-state index in [4.69, 9.17) is 5.11 Å². The molecular weight excluding hydrogens is 244 g/mol. The number of thioether (sulfide) groups is 1. The third kappa shape index (κ3) is 2.41.